The van der Waals surface area contributed by atoms with E-state index in [0.717, 1.165) is 4.31 Å². The van der Waals surface area contributed by atoms with Crippen molar-refractivity contribution in [1.29, 1.82) is 0 Å². The number of oxazole rings is 1. The third kappa shape index (κ3) is 2.46. The zero-order chi connectivity index (χ0) is 16.1. The molecule has 1 aliphatic heterocycles. The summed E-state index contributed by atoms with van der Waals surface area (Å²) in [5, 5.41) is 0. The lowest BCUT2D eigenvalue weighted by molar-refractivity contribution is 0.430. The third-order valence-corrected chi connectivity index (χ3v) is 7.21. The second-order valence-corrected chi connectivity index (χ2v) is 9.35. The van der Waals surface area contributed by atoms with Crippen LogP contribution in [0.2, 0.25) is 0 Å². The second kappa shape index (κ2) is 4.93. The maximum atomic E-state index is 12.5. The van der Waals surface area contributed by atoms with Gasteiger partial charge in [-0.25, -0.2) is 21.6 Å². The molecule has 1 aromatic heterocycles. The highest BCUT2D eigenvalue weighted by atomic mass is 32.2. The number of rotatable bonds is 2. The van der Waals surface area contributed by atoms with E-state index in [-0.39, 0.29) is 35.1 Å². The molecule has 2 aromatic rings. The number of aromatic nitrogens is 1. The van der Waals surface area contributed by atoms with E-state index in [1.54, 1.807) is 0 Å². The van der Waals surface area contributed by atoms with E-state index in [1.165, 1.54) is 29.8 Å². The first-order valence-corrected chi connectivity index (χ1v) is 9.77. The van der Waals surface area contributed by atoms with Crippen molar-refractivity contribution in [3.8, 4) is 0 Å². The van der Waals surface area contributed by atoms with Crippen LogP contribution in [0.15, 0.2) is 32.3 Å². The monoisotopic (exact) mass is 346 g/mol. The molecule has 3 rings (SSSR count). The number of sulfone groups is 1. The molecule has 1 saturated heterocycles. The minimum Gasteiger partial charge on any atom is -0.408 e. The average Bonchev–Trinajstić information content (AvgIpc) is 2.73. The van der Waals surface area contributed by atoms with Gasteiger partial charge in [-0.1, -0.05) is 0 Å². The second-order valence-electron chi connectivity index (χ2n) is 5.11. The van der Waals surface area contributed by atoms with Crippen LogP contribution in [0.25, 0.3) is 11.1 Å². The maximum Gasteiger partial charge on any atom is 0.419 e. The number of nitrogens with zero attached hydrogens (tertiary/aromatic N) is 2. The summed E-state index contributed by atoms with van der Waals surface area (Å²) < 4.78 is 55.3. The lowest BCUT2D eigenvalue weighted by Gasteiger charge is -2.25. The smallest absolute Gasteiger partial charge is 0.408 e. The fourth-order valence-electron chi connectivity index (χ4n) is 2.36. The van der Waals surface area contributed by atoms with Crippen molar-refractivity contribution in [3.05, 3.63) is 28.7 Å². The average molecular weight is 346 g/mol. The Morgan fingerprint density at radius 3 is 2.45 bits per heavy atom. The normalized spacial score (nSPS) is 19.5. The summed E-state index contributed by atoms with van der Waals surface area (Å²) in [5.74, 6) is -0.947. The molecule has 1 aliphatic rings. The third-order valence-electron chi connectivity index (χ3n) is 3.70. The van der Waals surface area contributed by atoms with Crippen molar-refractivity contribution < 1.29 is 21.3 Å². The van der Waals surface area contributed by atoms with E-state index in [1.807, 2.05) is 0 Å². The quantitative estimate of drug-likeness (QED) is 0.729. The molecular formula is C12H14N2O6S2. The standard InChI is InChI=1S/C12H14N2O6S2/c1-13-10-3-2-9(8-11(10)20-12(13)15)22(18,19)14-4-6-21(16,17)7-5-14/h2-3,8H,4-7H2,1H3. The van der Waals surface area contributed by atoms with Crippen LogP contribution in [0.4, 0.5) is 0 Å². The molecule has 0 N–H and O–H groups in total. The summed E-state index contributed by atoms with van der Waals surface area (Å²) in [5.41, 5.74) is 0.670. The number of fused-ring (bicyclic) bond motifs is 1. The number of benzene rings is 1. The van der Waals surface area contributed by atoms with Crippen LogP contribution < -0.4 is 5.76 Å². The van der Waals surface area contributed by atoms with Gasteiger partial charge in [-0.2, -0.15) is 4.31 Å². The summed E-state index contributed by atoms with van der Waals surface area (Å²) in [7, 11) is -5.45. The van der Waals surface area contributed by atoms with Crippen molar-refractivity contribution >= 4 is 31.0 Å². The van der Waals surface area contributed by atoms with E-state index in [0.29, 0.717) is 5.52 Å². The first-order chi connectivity index (χ1) is 10.2. The zero-order valence-corrected chi connectivity index (χ0v) is 13.4. The molecule has 1 aromatic carbocycles. The van der Waals surface area contributed by atoms with Gasteiger partial charge in [-0.15, -0.1) is 0 Å². The minimum atomic E-state index is -3.81. The van der Waals surface area contributed by atoms with Crippen molar-refractivity contribution in [2.45, 2.75) is 4.90 Å². The summed E-state index contributed by atoms with van der Waals surface area (Å²) in [6.07, 6.45) is 0. The highest BCUT2D eigenvalue weighted by Crippen LogP contribution is 2.22. The lowest BCUT2D eigenvalue weighted by Crippen LogP contribution is -2.43. The predicted octanol–water partition coefficient (Wildman–Crippen LogP) is -0.449. The molecule has 0 amide bonds. The summed E-state index contributed by atoms with van der Waals surface area (Å²) in [6.45, 7) is -0.136. The Bertz CT molecular complexity index is 986. The van der Waals surface area contributed by atoms with Crippen LogP contribution in [0, 0.1) is 0 Å². The van der Waals surface area contributed by atoms with Crippen LogP contribution in [0.1, 0.15) is 0 Å². The Hall–Kier alpha value is -1.65. The van der Waals surface area contributed by atoms with Gasteiger partial charge in [-0.05, 0) is 12.1 Å². The van der Waals surface area contributed by atoms with Crippen LogP contribution >= 0.6 is 0 Å². The summed E-state index contributed by atoms with van der Waals surface area (Å²) in [4.78, 5) is 11.4. The molecule has 10 heteroatoms. The van der Waals surface area contributed by atoms with Gasteiger partial charge < -0.3 is 4.42 Å². The van der Waals surface area contributed by atoms with Gasteiger partial charge in [0.15, 0.2) is 15.4 Å². The summed E-state index contributed by atoms with van der Waals surface area (Å²) in [6, 6.07) is 4.17. The number of aryl methyl sites for hydroxylation is 1. The Balaban J connectivity index is 2.01. The molecule has 0 saturated carbocycles. The van der Waals surface area contributed by atoms with Crippen molar-refractivity contribution in [3.63, 3.8) is 0 Å². The topological polar surface area (TPSA) is 107 Å². The lowest BCUT2D eigenvalue weighted by atomic mass is 10.3. The van der Waals surface area contributed by atoms with Gasteiger partial charge in [0.25, 0.3) is 0 Å². The Labute approximate surface area is 126 Å². The first kappa shape index (κ1) is 15.3. The van der Waals surface area contributed by atoms with Crippen LogP contribution in [0.5, 0.6) is 0 Å². The van der Waals surface area contributed by atoms with Gasteiger partial charge in [0.05, 0.1) is 21.9 Å². The highest BCUT2D eigenvalue weighted by Gasteiger charge is 2.31. The van der Waals surface area contributed by atoms with Crippen LogP contribution in [-0.4, -0.2) is 50.3 Å². The molecule has 0 bridgehead atoms. The van der Waals surface area contributed by atoms with Gasteiger partial charge in [0, 0.05) is 26.2 Å². The molecule has 0 radical (unpaired) electrons. The zero-order valence-electron chi connectivity index (χ0n) is 11.7. The minimum absolute atomic E-state index is 0.0198. The largest absolute Gasteiger partial charge is 0.419 e. The van der Waals surface area contributed by atoms with E-state index >= 15 is 0 Å². The summed E-state index contributed by atoms with van der Waals surface area (Å²) >= 11 is 0. The Kier molecular flexibility index (Phi) is 3.42. The maximum absolute atomic E-state index is 12.5. The molecule has 1 fully saturated rings. The van der Waals surface area contributed by atoms with E-state index < -0.39 is 25.6 Å². The SMILES string of the molecule is Cn1c(=O)oc2cc(S(=O)(=O)N3CCS(=O)(=O)CC3)ccc21. The van der Waals surface area contributed by atoms with Gasteiger partial charge in [0.2, 0.25) is 10.0 Å². The predicted molar refractivity (Wildman–Crippen MR) is 78.9 cm³/mol. The molecule has 2 heterocycles. The van der Waals surface area contributed by atoms with Gasteiger partial charge >= 0.3 is 5.76 Å². The molecule has 8 nitrogen and oxygen atoms in total. The number of hydrogen-bond acceptors (Lipinski definition) is 6. The van der Waals surface area contributed by atoms with Crippen molar-refractivity contribution in [2.24, 2.45) is 7.05 Å². The molecule has 0 unspecified atom stereocenters. The molecule has 120 valence electrons. The highest BCUT2D eigenvalue weighted by molar-refractivity contribution is 7.92. The Morgan fingerprint density at radius 1 is 1.18 bits per heavy atom. The van der Waals surface area contributed by atoms with E-state index in [9.17, 15) is 21.6 Å². The molecule has 0 spiro atoms. The van der Waals surface area contributed by atoms with E-state index in [4.69, 9.17) is 4.42 Å². The van der Waals surface area contributed by atoms with Crippen molar-refractivity contribution in [1.82, 2.24) is 8.87 Å². The van der Waals surface area contributed by atoms with Crippen molar-refractivity contribution in [2.75, 3.05) is 24.6 Å². The van der Waals surface area contributed by atoms with Gasteiger partial charge in [-0.3, -0.25) is 4.57 Å². The van der Waals surface area contributed by atoms with Gasteiger partial charge in [0.1, 0.15) is 0 Å². The number of hydrogen-bond donors (Lipinski definition) is 0. The fraction of sp³-hybridized carbons (Fsp3) is 0.417. The molecule has 0 atom stereocenters. The molecular weight excluding hydrogens is 332 g/mol. The van der Waals surface area contributed by atoms with Crippen LogP contribution in [0.3, 0.4) is 0 Å². The Morgan fingerprint density at radius 2 is 1.82 bits per heavy atom. The molecule has 0 aliphatic carbocycles. The first-order valence-electron chi connectivity index (χ1n) is 6.51. The van der Waals surface area contributed by atoms with Crippen LogP contribution in [-0.2, 0) is 26.9 Å². The number of sulfonamides is 1. The van der Waals surface area contributed by atoms with E-state index in [2.05, 4.69) is 0 Å². The molecule has 22 heavy (non-hydrogen) atoms. The fourth-order valence-corrected chi connectivity index (χ4v) is 5.25.